The van der Waals surface area contributed by atoms with Gasteiger partial charge in [-0.05, 0) is 12.1 Å². The number of halogens is 1. The standard InChI is InChI=1S/C6H5IO.2HNO3/c8-7-6-4-2-1-3-5-6;2*2-1(3)4/h1-5H;2*(H,2,3,4). The molecule has 0 aromatic heterocycles. The summed E-state index contributed by atoms with van der Waals surface area (Å²) >= 11 is -0.941. The molecule has 0 saturated carbocycles. The summed E-state index contributed by atoms with van der Waals surface area (Å²) in [7, 11) is 0. The Morgan fingerprint density at radius 1 is 1.00 bits per heavy atom. The molecule has 10 heteroatoms. The summed E-state index contributed by atoms with van der Waals surface area (Å²) in [4.78, 5) is 16.7. The maximum atomic E-state index is 10.2. The van der Waals surface area contributed by atoms with Gasteiger partial charge in [0.05, 0.1) is 0 Å². The molecule has 0 aliphatic heterocycles. The topological polar surface area (TPSA) is 144 Å². The summed E-state index contributed by atoms with van der Waals surface area (Å²) in [6, 6.07) is 9.46. The Morgan fingerprint density at radius 2 is 1.31 bits per heavy atom. The molecule has 0 aliphatic carbocycles. The molecule has 0 atom stereocenters. The van der Waals surface area contributed by atoms with E-state index in [9.17, 15) is 3.07 Å². The van der Waals surface area contributed by atoms with Crippen LogP contribution in [0.4, 0.5) is 0 Å². The first-order chi connectivity index (χ1) is 7.40. The molecule has 90 valence electrons. The molecule has 2 N–H and O–H groups in total. The van der Waals surface area contributed by atoms with Gasteiger partial charge in [-0.3, -0.25) is 3.07 Å². The Hall–Kier alpha value is -1.85. The lowest BCUT2D eigenvalue weighted by Crippen LogP contribution is -1.81. The van der Waals surface area contributed by atoms with Crippen molar-refractivity contribution in [3.63, 3.8) is 0 Å². The van der Waals surface area contributed by atoms with Crippen LogP contribution in [0.3, 0.4) is 0 Å². The second kappa shape index (κ2) is 11.2. The maximum Gasteiger partial charge on any atom is 0.291 e. The van der Waals surface area contributed by atoms with Gasteiger partial charge in [-0.25, -0.2) is 0 Å². The molecule has 0 fully saturated rings. The van der Waals surface area contributed by atoms with E-state index in [-0.39, 0.29) is 0 Å². The van der Waals surface area contributed by atoms with Crippen LogP contribution in [0.25, 0.3) is 0 Å². The van der Waals surface area contributed by atoms with Gasteiger partial charge in [0.25, 0.3) is 10.2 Å². The Kier molecular flexibility index (Phi) is 11.6. The maximum absolute atomic E-state index is 10.2. The van der Waals surface area contributed by atoms with Gasteiger partial charge in [-0.15, -0.1) is 20.2 Å². The number of nitrogens with zero attached hydrogens (tertiary/aromatic N) is 2. The van der Waals surface area contributed by atoms with Gasteiger partial charge in [0.2, 0.25) is 0 Å². The third-order valence-corrected chi connectivity index (χ3v) is 2.05. The Balaban J connectivity index is 0. The van der Waals surface area contributed by atoms with Crippen LogP contribution >= 0.6 is 21.2 Å². The molecular weight excluding hydrogens is 339 g/mol. The highest BCUT2D eigenvalue weighted by molar-refractivity contribution is 14.1. The van der Waals surface area contributed by atoms with Crippen molar-refractivity contribution in [3.05, 3.63) is 54.1 Å². The highest BCUT2D eigenvalue weighted by Gasteiger charge is 1.81. The molecule has 0 radical (unpaired) electrons. The number of hydrogen-bond donors (Lipinski definition) is 2. The Bertz CT molecular complexity index is 311. The van der Waals surface area contributed by atoms with Gasteiger partial charge in [-0.2, -0.15) is 0 Å². The first-order valence-corrected chi connectivity index (χ1v) is 5.34. The van der Waals surface area contributed by atoms with E-state index < -0.39 is 31.4 Å². The summed E-state index contributed by atoms with van der Waals surface area (Å²) in [6.07, 6.45) is 0. The molecule has 1 aromatic carbocycles. The van der Waals surface area contributed by atoms with Gasteiger partial charge >= 0.3 is 0 Å². The molecule has 16 heavy (non-hydrogen) atoms. The van der Waals surface area contributed by atoms with Crippen LogP contribution in [0.15, 0.2) is 30.3 Å². The summed E-state index contributed by atoms with van der Waals surface area (Å²) in [6.45, 7) is 0. The van der Waals surface area contributed by atoms with Gasteiger partial charge in [-0.1, -0.05) is 18.2 Å². The SMILES string of the molecule is O=Ic1ccccc1.O=[N+]([O-])O.O=[N+]([O-])O. The number of rotatable bonds is 1. The highest BCUT2D eigenvalue weighted by atomic mass is 127. The fraction of sp³-hybridized carbons (Fsp3) is 0. The molecule has 0 amide bonds. The van der Waals surface area contributed by atoms with E-state index in [4.69, 9.17) is 30.6 Å². The minimum absolute atomic E-state index is 0.941. The van der Waals surface area contributed by atoms with Gasteiger partial charge < -0.3 is 10.4 Å². The molecule has 1 rings (SSSR count). The molecule has 0 spiro atoms. The van der Waals surface area contributed by atoms with E-state index in [1.807, 2.05) is 30.3 Å². The van der Waals surface area contributed by atoms with Gasteiger partial charge in [0.15, 0.2) is 21.2 Å². The van der Waals surface area contributed by atoms with Crippen molar-refractivity contribution in [2.75, 3.05) is 0 Å². The smallest absolute Gasteiger partial charge is 0.291 e. The zero-order valence-electron chi connectivity index (χ0n) is 7.59. The normalized spacial score (nSPS) is 7.50. The Labute approximate surface area is 99.2 Å². The molecule has 0 unspecified atom stereocenters. The third kappa shape index (κ3) is 22.7. The highest BCUT2D eigenvalue weighted by Crippen LogP contribution is 2.06. The van der Waals surface area contributed by atoms with Crippen LogP contribution in [0.2, 0.25) is 0 Å². The van der Waals surface area contributed by atoms with Crippen LogP contribution in [0.5, 0.6) is 0 Å². The van der Waals surface area contributed by atoms with Crippen LogP contribution in [0, 0.1) is 23.8 Å². The van der Waals surface area contributed by atoms with Crippen molar-refractivity contribution in [1.82, 2.24) is 0 Å². The summed E-state index contributed by atoms with van der Waals surface area (Å²) < 4.78 is 11.2. The van der Waals surface area contributed by atoms with Crippen molar-refractivity contribution in [2.45, 2.75) is 0 Å². The van der Waals surface area contributed by atoms with E-state index >= 15 is 0 Å². The zero-order valence-corrected chi connectivity index (χ0v) is 9.75. The second-order valence-corrected chi connectivity index (χ2v) is 3.53. The zero-order chi connectivity index (χ0) is 13.0. The van der Waals surface area contributed by atoms with Crippen LogP contribution in [0.1, 0.15) is 0 Å². The van der Waals surface area contributed by atoms with Crippen LogP contribution in [-0.2, 0) is 3.07 Å². The van der Waals surface area contributed by atoms with Crippen LogP contribution < -0.4 is 0 Å². The van der Waals surface area contributed by atoms with Crippen molar-refractivity contribution in [3.8, 4) is 0 Å². The molecule has 0 heterocycles. The largest absolute Gasteiger partial charge is 0.328 e. The average Bonchev–Trinajstić information content (AvgIpc) is 2.17. The predicted octanol–water partition coefficient (Wildman–Crippen LogP) is 1.48. The Morgan fingerprint density at radius 3 is 1.50 bits per heavy atom. The quantitative estimate of drug-likeness (QED) is 0.445. The predicted molar refractivity (Wildman–Crippen MR) is 57.4 cm³/mol. The molecule has 1 aromatic rings. The lowest BCUT2D eigenvalue weighted by atomic mass is 10.4. The first kappa shape index (κ1) is 16.6. The molecule has 0 aliphatic rings. The van der Waals surface area contributed by atoms with Crippen molar-refractivity contribution < 1.29 is 23.7 Å². The molecule has 0 bridgehead atoms. The molecule has 0 saturated heterocycles. The molecule has 9 nitrogen and oxygen atoms in total. The second-order valence-electron chi connectivity index (χ2n) is 1.85. The third-order valence-electron chi connectivity index (χ3n) is 0.822. The van der Waals surface area contributed by atoms with Crippen molar-refractivity contribution >= 4 is 21.2 Å². The van der Waals surface area contributed by atoms with Crippen LogP contribution in [-0.4, -0.2) is 20.6 Å². The lowest BCUT2D eigenvalue weighted by molar-refractivity contribution is -0.742. The van der Waals surface area contributed by atoms with E-state index in [1.165, 1.54) is 0 Å². The molecular formula is C6H7IN2O7. The fourth-order valence-corrected chi connectivity index (χ4v) is 1.17. The minimum atomic E-state index is -1.50. The number of benzene rings is 1. The summed E-state index contributed by atoms with van der Waals surface area (Å²) in [5, 5.41) is 27.3. The van der Waals surface area contributed by atoms with Crippen molar-refractivity contribution in [2.24, 2.45) is 0 Å². The summed E-state index contributed by atoms with van der Waals surface area (Å²) in [5.74, 6) is 0. The van der Waals surface area contributed by atoms with Gasteiger partial charge in [0, 0.05) is 3.57 Å². The minimum Gasteiger partial charge on any atom is -0.328 e. The fourth-order valence-electron chi connectivity index (χ4n) is 0.466. The van der Waals surface area contributed by atoms with E-state index in [2.05, 4.69) is 0 Å². The lowest BCUT2D eigenvalue weighted by Gasteiger charge is -1.80. The van der Waals surface area contributed by atoms with E-state index in [0.29, 0.717) is 0 Å². The average molecular weight is 346 g/mol. The first-order valence-electron chi connectivity index (χ1n) is 3.38. The number of hydrogen-bond acceptors (Lipinski definition) is 5. The summed E-state index contributed by atoms with van der Waals surface area (Å²) in [5.41, 5.74) is 0. The monoisotopic (exact) mass is 346 g/mol. The van der Waals surface area contributed by atoms with Gasteiger partial charge in [0.1, 0.15) is 0 Å². The van der Waals surface area contributed by atoms with Crippen molar-refractivity contribution in [1.29, 1.82) is 0 Å². The van der Waals surface area contributed by atoms with E-state index in [1.54, 1.807) is 0 Å². The van der Waals surface area contributed by atoms with E-state index in [0.717, 1.165) is 3.57 Å².